The highest BCUT2D eigenvalue weighted by molar-refractivity contribution is 8.00. The zero-order chi connectivity index (χ0) is 20.8. The molecule has 2 aromatic rings. The number of methoxy groups -OCH3 is 2. The Kier molecular flexibility index (Phi) is 6.98. The molecule has 1 aliphatic rings. The molecule has 3 rings (SSSR count). The van der Waals surface area contributed by atoms with Crippen molar-refractivity contribution >= 4 is 23.5 Å². The molecular formula is C21H24FN3O3S. The summed E-state index contributed by atoms with van der Waals surface area (Å²) in [6.07, 6.45) is 0.195. The lowest BCUT2D eigenvalue weighted by atomic mass is 10.0. The zero-order valence-corrected chi connectivity index (χ0v) is 17.4. The van der Waals surface area contributed by atoms with Crippen LogP contribution in [0.5, 0.6) is 11.5 Å². The minimum atomic E-state index is -0.266. The number of ether oxygens (including phenoxy) is 2. The van der Waals surface area contributed by atoms with E-state index in [-0.39, 0.29) is 24.2 Å². The first-order valence-electron chi connectivity index (χ1n) is 9.16. The monoisotopic (exact) mass is 417 g/mol. The second-order valence-corrected chi connectivity index (χ2v) is 7.67. The molecule has 29 heavy (non-hydrogen) atoms. The topological polar surface area (TPSA) is 72.0 Å². The highest BCUT2D eigenvalue weighted by Gasteiger charge is 2.18. The van der Waals surface area contributed by atoms with Gasteiger partial charge >= 0.3 is 0 Å². The van der Waals surface area contributed by atoms with E-state index in [0.717, 1.165) is 22.4 Å². The largest absolute Gasteiger partial charge is 0.493 e. The molecule has 0 fully saturated rings. The van der Waals surface area contributed by atoms with E-state index >= 15 is 0 Å². The van der Waals surface area contributed by atoms with Crippen LogP contribution in [0.2, 0.25) is 0 Å². The Balaban J connectivity index is 1.61. The number of amidine groups is 1. The number of aliphatic imine (C=N–C) groups is 1. The second-order valence-electron chi connectivity index (χ2n) is 6.64. The molecule has 154 valence electrons. The third-order valence-electron chi connectivity index (χ3n) is 4.62. The number of carbonyl (C=O) groups excluding carboxylic acids is 1. The van der Waals surface area contributed by atoms with Crippen LogP contribution < -0.4 is 20.3 Å². The zero-order valence-electron chi connectivity index (χ0n) is 16.6. The number of benzene rings is 2. The predicted molar refractivity (Wildman–Crippen MR) is 113 cm³/mol. The van der Waals surface area contributed by atoms with Gasteiger partial charge in [0.15, 0.2) is 11.5 Å². The maximum absolute atomic E-state index is 13.1. The van der Waals surface area contributed by atoms with Crippen LogP contribution >= 0.6 is 11.8 Å². The number of carbonyl (C=O) groups is 1. The fourth-order valence-corrected chi connectivity index (χ4v) is 3.97. The van der Waals surface area contributed by atoms with Crippen molar-refractivity contribution in [2.45, 2.75) is 19.4 Å². The lowest BCUT2D eigenvalue weighted by molar-refractivity contribution is -0.121. The summed E-state index contributed by atoms with van der Waals surface area (Å²) in [5.41, 5.74) is 8.38. The molecular weight excluding hydrogens is 393 g/mol. The van der Waals surface area contributed by atoms with Crippen molar-refractivity contribution in [2.24, 2.45) is 4.99 Å². The lowest BCUT2D eigenvalue weighted by Crippen LogP contribution is -2.44. The molecule has 0 aromatic heterocycles. The maximum atomic E-state index is 13.1. The highest BCUT2D eigenvalue weighted by Crippen LogP contribution is 2.30. The Morgan fingerprint density at radius 2 is 1.90 bits per heavy atom. The van der Waals surface area contributed by atoms with E-state index < -0.39 is 0 Å². The lowest BCUT2D eigenvalue weighted by Gasteiger charge is -2.21. The third-order valence-corrected chi connectivity index (χ3v) is 5.65. The molecule has 2 N–H and O–H groups in total. The molecule has 1 heterocycles. The highest BCUT2D eigenvalue weighted by atomic mass is 32.2. The molecule has 0 radical (unpaired) electrons. The number of hydrazine groups is 1. The first-order chi connectivity index (χ1) is 14.0. The van der Waals surface area contributed by atoms with E-state index in [1.165, 1.54) is 12.1 Å². The van der Waals surface area contributed by atoms with Crippen LogP contribution in [0.25, 0.3) is 0 Å². The number of hydrogen-bond acceptors (Lipinski definition) is 6. The summed E-state index contributed by atoms with van der Waals surface area (Å²) in [5, 5.41) is 0. The number of hydrogen-bond donors (Lipinski definition) is 2. The molecule has 0 saturated carbocycles. The molecule has 2 aromatic carbocycles. The molecule has 0 spiro atoms. The van der Waals surface area contributed by atoms with Gasteiger partial charge in [0.25, 0.3) is 0 Å². The van der Waals surface area contributed by atoms with Crippen molar-refractivity contribution in [3.05, 3.63) is 58.9 Å². The molecule has 0 bridgehead atoms. The molecule has 1 atom stereocenters. The summed E-state index contributed by atoms with van der Waals surface area (Å²) in [5.74, 6) is 2.95. The summed E-state index contributed by atoms with van der Waals surface area (Å²) in [6.45, 7) is 1.92. The van der Waals surface area contributed by atoms with Gasteiger partial charge < -0.3 is 9.47 Å². The van der Waals surface area contributed by atoms with Gasteiger partial charge in [0.2, 0.25) is 5.91 Å². The van der Waals surface area contributed by atoms with Gasteiger partial charge in [0, 0.05) is 5.75 Å². The van der Waals surface area contributed by atoms with Crippen LogP contribution in [0.3, 0.4) is 0 Å². The Bertz CT molecular complexity index is 903. The average Bonchev–Trinajstić information content (AvgIpc) is 2.74. The van der Waals surface area contributed by atoms with Crippen molar-refractivity contribution < 1.29 is 18.7 Å². The standard InChI is InChI=1S/C21H24FN3O3S/c1-13-8-18(27-2)19(28-3)9-15(13)10-21(26)25-24-20-12-29-11-17(23-20)14-4-6-16(22)7-5-14/h4-9,17H,10-12H2,1-3H3,(H,23,24)(H,25,26). The number of thioether (sulfide) groups is 1. The number of halogens is 1. The van der Waals surface area contributed by atoms with Crippen molar-refractivity contribution in [2.75, 3.05) is 25.7 Å². The van der Waals surface area contributed by atoms with Gasteiger partial charge in [0.05, 0.1) is 32.4 Å². The molecule has 0 saturated heterocycles. The predicted octanol–water partition coefficient (Wildman–Crippen LogP) is 3.20. The quantitative estimate of drug-likeness (QED) is 0.731. The molecule has 1 aliphatic heterocycles. The Hall–Kier alpha value is -2.74. The van der Waals surface area contributed by atoms with E-state index in [1.807, 2.05) is 19.1 Å². The van der Waals surface area contributed by atoms with Crippen molar-refractivity contribution in [1.29, 1.82) is 0 Å². The van der Waals surface area contributed by atoms with Crippen LogP contribution in [0, 0.1) is 12.7 Å². The number of nitrogens with one attached hydrogen (secondary N) is 2. The van der Waals surface area contributed by atoms with Crippen molar-refractivity contribution in [3.63, 3.8) is 0 Å². The van der Waals surface area contributed by atoms with Crippen LogP contribution in [0.15, 0.2) is 41.4 Å². The second kappa shape index (κ2) is 9.65. The van der Waals surface area contributed by atoms with Gasteiger partial charge in [-0.3, -0.25) is 20.6 Å². The summed E-state index contributed by atoms with van der Waals surface area (Å²) >= 11 is 1.71. The van der Waals surface area contributed by atoms with Gasteiger partial charge in [-0.25, -0.2) is 4.39 Å². The molecule has 8 heteroatoms. The van der Waals surface area contributed by atoms with Gasteiger partial charge in [0.1, 0.15) is 11.7 Å². The van der Waals surface area contributed by atoms with Crippen LogP contribution in [0.1, 0.15) is 22.7 Å². The third kappa shape index (κ3) is 5.41. The normalized spacial score (nSPS) is 16.0. The maximum Gasteiger partial charge on any atom is 0.242 e. The number of aryl methyl sites for hydroxylation is 1. The van der Waals surface area contributed by atoms with E-state index in [2.05, 4.69) is 15.8 Å². The minimum absolute atomic E-state index is 0.0677. The average molecular weight is 418 g/mol. The Labute approximate surface area is 173 Å². The summed E-state index contributed by atoms with van der Waals surface area (Å²) in [4.78, 5) is 17.0. The first-order valence-corrected chi connectivity index (χ1v) is 10.3. The molecule has 6 nitrogen and oxygen atoms in total. The minimum Gasteiger partial charge on any atom is -0.493 e. The summed E-state index contributed by atoms with van der Waals surface area (Å²) in [6, 6.07) is 9.95. The van der Waals surface area contributed by atoms with Crippen LogP contribution in [-0.4, -0.2) is 37.5 Å². The van der Waals surface area contributed by atoms with E-state index in [1.54, 1.807) is 38.1 Å². The van der Waals surface area contributed by atoms with Gasteiger partial charge in [-0.2, -0.15) is 11.8 Å². The van der Waals surface area contributed by atoms with Crippen LogP contribution in [-0.2, 0) is 11.2 Å². The van der Waals surface area contributed by atoms with Gasteiger partial charge in [-0.15, -0.1) is 0 Å². The Morgan fingerprint density at radius 1 is 1.21 bits per heavy atom. The SMILES string of the molecule is COc1cc(C)c(CC(=O)NNC2=NC(c3ccc(F)cc3)CSC2)cc1OC. The van der Waals surface area contributed by atoms with Gasteiger partial charge in [-0.1, -0.05) is 12.1 Å². The van der Waals surface area contributed by atoms with E-state index in [9.17, 15) is 9.18 Å². The van der Waals surface area contributed by atoms with Crippen molar-refractivity contribution in [3.8, 4) is 11.5 Å². The number of nitrogens with zero attached hydrogens (tertiary/aromatic N) is 1. The van der Waals surface area contributed by atoms with E-state index in [4.69, 9.17) is 9.47 Å². The van der Waals surface area contributed by atoms with E-state index in [0.29, 0.717) is 23.1 Å². The smallest absolute Gasteiger partial charge is 0.242 e. The van der Waals surface area contributed by atoms with Crippen LogP contribution in [0.4, 0.5) is 4.39 Å². The summed E-state index contributed by atoms with van der Waals surface area (Å²) in [7, 11) is 3.14. The fraction of sp³-hybridized carbons (Fsp3) is 0.333. The first kappa shape index (κ1) is 21.0. The fourth-order valence-electron chi connectivity index (χ4n) is 3.03. The van der Waals surface area contributed by atoms with Crippen molar-refractivity contribution in [1.82, 2.24) is 10.9 Å². The molecule has 1 unspecified atom stereocenters. The Morgan fingerprint density at radius 3 is 2.59 bits per heavy atom. The summed E-state index contributed by atoms with van der Waals surface area (Å²) < 4.78 is 23.7. The molecule has 1 amide bonds. The molecule has 0 aliphatic carbocycles. The number of amides is 1. The number of rotatable bonds is 5. The van der Waals surface area contributed by atoms with Gasteiger partial charge in [-0.05, 0) is 47.9 Å².